The first-order chi connectivity index (χ1) is 9.52. The summed E-state index contributed by atoms with van der Waals surface area (Å²) < 4.78 is 5.21. The third-order valence-corrected chi connectivity index (χ3v) is 3.81. The number of phenolic OH excluding ortho intramolecular Hbond substituents is 1. The van der Waals surface area contributed by atoms with Crippen molar-refractivity contribution in [3.8, 4) is 5.75 Å². The summed E-state index contributed by atoms with van der Waals surface area (Å²) in [6.45, 7) is 1.84. The van der Waals surface area contributed by atoms with Crippen LogP contribution >= 0.6 is 0 Å². The van der Waals surface area contributed by atoms with Crippen LogP contribution in [0.15, 0.2) is 18.2 Å². The highest BCUT2D eigenvalue weighted by Gasteiger charge is 2.33. The van der Waals surface area contributed by atoms with E-state index in [0.717, 1.165) is 18.4 Å². The number of hydrogen-bond acceptors (Lipinski definition) is 4. The molecule has 1 aromatic carbocycles. The third kappa shape index (κ3) is 3.11. The maximum Gasteiger partial charge on any atom is 0.255 e. The maximum atomic E-state index is 12.2. The SMILES string of the molecule is CO[C@@H]1CCC[C@@H](NC(=O)c2ccc(C)cc2O)[C@H]1O. The summed E-state index contributed by atoms with van der Waals surface area (Å²) >= 11 is 0. The van der Waals surface area contributed by atoms with Gasteiger partial charge >= 0.3 is 0 Å². The minimum absolute atomic E-state index is 0.0453. The molecule has 0 saturated heterocycles. The van der Waals surface area contributed by atoms with Gasteiger partial charge in [0.25, 0.3) is 5.91 Å². The Morgan fingerprint density at radius 2 is 2.15 bits per heavy atom. The predicted octanol–water partition coefficient (Wildman–Crippen LogP) is 1.36. The highest BCUT2D eigenvalue weighted by Crippen LogP contribution is 2.23. The summed E-state index contributed by atoms with van der Waals surface area (Å²) in [5.74, 6) is -0.417. The lowest BCUT2D eigenvalue weighted by Gasteiger charge is -2.34. The van der Waals surface area contributed by atoms with Crippen LogP contribution in [-0.4, -0.2) is 41.5 Å². The van der Waals surface area contributed by atoms with Gasteiger partial charge in [0.15, 0.2) is 0 Å². The number of amides is 1. The molecule has 0 bridgehead atoms. The molecule has 110 valence electrons. The smallest absolute Gasteiger partial charge is 0.255 e. The Kier molecular flexibility index (Phi) is 4.62. The van der Waals surface area contributed by atoms with Crippen LogP contribution in [0.2, 0.25) is 0 Å². The molecule has 0 aromatic heterocycles. The molecule has 0 heterocycles. The third-order valence-electron chi connectivity index (χ3n) is 3.81. The Bertz CT molecular complexity index is 489. The van der Waals surface area contributed by atoms with Gasteiger partial charge in [0.1, 0.15) is 11.9 Å². The number of aryl methyl sites for hydroxylation is 1. The van der Waals surface area contributed by atoms with Crippen LogP contribution in [0, 0.1) is 6.92 Å². The van der Waals surface area contributed by atoms with E-state index in [4.69, 9.17) is 4.74 Å². The van der Waals surface area contributed by atoms with Crippen LogP contribution in [0.1, 0.15) is 35.2 Å². The second-order valence-electron chi connectivity index (χ2n) is 5.30. The minimum Gasteiger partial charge on any atom is -0.507 e. The molecule has 1 amide bonds. The molecular formula is C15H21NO4. The first-order valence-corrected chi connectivity index (χ1v) is 6.84. The molecule has 5 nitrogen and oxygen atoms in total. The lowest BCUT2D eigenvalue weighted by molar-refractivity contribution is -0.0513. The number of carbonyl (C=O) groups is 1. The van der Waals surface area contributed by atoms with E-state index < -0.39 is 6.10 Å². The largest absolute Gasteiger partial charge is 0.507 e. The van der Waals surface area contributed by atoms with Crippen molar-refractivity contribution in [1.82, 2.24) is 5.32 Å². The fourth-order valence-corrected chi connectivity index (χ4v) is 2.63. The molecule has 2 rings (SSSR count). The lowest BCUT2D eigenvalue weighted by atomic mass is 9.89. The first-order valence-electron chi connectivity index (χ1n) is 6.84. The van der Waals surface area contributed by atoms with Crippen molar-refractivity contribution in [3.63, 3.8) is 0 Å². The van der Waals surface area contributed by atoms with Crippen LogP contribution in [0.5, 0.6) is 5.75 Å². The molecule has 0 aliphatic heterocycles. The number of methoxy groups -OCH3 is 1. The van der Waals surface area contributed by atoms with Gasteiger partial charge in [-0.1, -0.05) is 6.07 Å². The maximum absolute atomic E-state index is 12.2. The number of ether oxygens (including phenoxy) is 1. The van der Waals surface area contributed by atoms with E-state index in [1.165, 1.54) is 0 Å². The van der Waals surface area contributed by atoms with Crippen LogP contribution < -0.4 is 5.32 Å². The summed E-state index contributed by atoms with van der Waals surface area (Å²) in [7, 11) is 1.56. The highest BCUT2D eigenvalue weighted by atomic mass is 16.5. The van der Waals surface area contributed by atoms with Gasteiger partial charge < -0.3 is 20.3 Å². The summed E-state index contributed by atoms with van der Waals surface area (Å²) in [5.41, 5.74) is 1.11. The number of benzene rings is 1. The normalized spacial score (nSPS) is 26.2. The molecule has 0 unspecified atom stereocenters. The van der Waals surface area contributed by atoms with Crippen molar-refractivity contribution >= 4 is 5.91 Å². The van der Waals surface area contributed by atoms with Gasteiger partial charge in [0.05, 0.1) is 17.7 Å². The molecule has 1 aromatic rings. The first kappa shape index (κ1) is 14.8. The molecule has 0 radical (unpaired) electrons. The number of aliphatic hydroxyl groups excluding tert-OH is 1. The molecule has 1 saturated carbocycles. The number of aromatic hydroxyl groups is 1. The zero-order valence-electron chi connectivity index (χ0n) is 11.8. The van der Waals surface area contributed by atoms with Crippen molar-refractivity contribution in [1.29, 1.82) is 0 Å². The Hall–Kier alpha value is -1.59. The molecule has 3 atom stereocenters. The Balaban J connectivity index is 2.07. The van der Waals surface area contributed by atoms with Crippen molar-refractivity contribution in [2.75, 3.05) is 7.11 Å². The van der Waals surface area contributed by atoms with Gasteiger partial charge in [-0.15, -0.1) is 0 Å². The van der Waals surface area contributed by atoms with E-state index in [0.29, 0.717) is 6.42 Å². The Morgan fingerprint density at radius 3 is 2.80 bits per heavy atom. The van der Waals surface area contributed by atoms with Gasteiger partial charge in [-0.3, -0.25) is 4.79 Å². The monoisotopic (exact) mass is 279 g/mol. The summed E-state index contributed by atoms with van der Waals surface area (Å²) in [6, 6.07) is 4.55. The van der Waals surface area contributed by atoms with Crippen LogP contribution in [0.4, 0.5) is 0 Å². The molecular weight excluding hydrogens is 258 g/mol. The van der Waals surface area contributed by atoms with E-state index >= 15 is 0 Å². The zero-order chi connectivity index (χ0) is 14.7. The Labute approximate surface area is 118 Å². The van der Waals surface area contributed by atoms with Crippen LogP contribution in [-0.2, 0) is 4.74 Å². The van der Waals surface area contributed by atoms with E-state index in [9.17, 15) is 15.0 Å². The molecule has 1 aliphatic carbocycles. The second-order valence-corrected chi connectivity index (χ2v) is 5.30. The van der Waals surface area contributed by atoms with E-state index in [2.05, 4.69) is 5.32 Å². The Morgan fingerprint density at radius 1 is 1.40 bits per heavy atom. The van der Waals surface area contributed by atoms with Gasteiger partial charge in [-0.2, -0.15) is 0 Å². The van der Waals surface area contributed by atoms with Crippen molar-refractivity contribution in [3.05, 3.63) is 29.3 Å². The highest BCUT2D eigenvalue weighted by molar-refractivity contribution is 5.97. The molecule has 20 heavy (non-hydrogen) atoms. The van der Waals surface area contributed by atoms with Crippen molar-refractivity contribution < 1.29 is 19.7 Å². The average Bonchev–Trinajstić information content (AvgIpc) is 2.41. The minimum atomic E-state index is -0.717. The average molecular weight is 279 g/mol. The number of aliphatic hydroxyl groups is 1. The van der Waals surface area contributed by atoms with Gasteiger partial charge in [0.2, 0.25) is 0 Å². The number of hydrogen-bond donors (Lipinski definition) is 3. The topological polar surface area (TPSA) is 78.8 Å². The molecule has 5 heteroatoms. The molecule has 1 fully saturated rings. The quantitative estimate of drug-likeness (QED) is 0.780. The van der Waals surface area contributed by atoms with Crippen molar-refractivity contribution in [2.24, 2.45) is 0 Å². The van der Waals surface area contributed by atoms with E-state index in [-0.39, 0.29) is 29.4 Å². The van der Waals surface area contributed by atoms with Gasteiger partial charge in [-0.05, 0) is 43.9 Å². The fourth-order valence-electron chi connectivity index (χ4n) is 2.63. The lowest BCUT2D eigenvalue weighted by Crippen LogP contribution is -2.51. The van der Waals surface area contributed by atoms with E-state index in [1.807, 2.05) is 6.92 Å². The van der Waals surface area contributed by atoms with Crippen molar-refractivity contribution in [2.45, 2.75) is 44.4 Å². The number of phenols is 1. The number of rotatable bonds is 3. The van der Waals surface area contributed by atoms with Crippen LogP contribution in [0.25, 0.3) is 0 Å². The number of carbonyl (C=O) groups excluding carboxylic acids is 1. The second kappa shape index (κ2) is 6.24. The number of nitrogens with one attached hydrogen (secondary N) is 1. The predicted molar refractivity (Wildman–Crippen MR) is 74.8 cm³/mol. The van der Waals surface area contributed by atoms with Gasteiger partial charge in [0, 0.05) is 7.11 Å². The van der Waals surface area contributed by atoms with Gasteiger partial charge in [-0.25, -0.2) is 0 Å². The molecule has 3 N–H and O–H groups in total. The molecule has 1 aliphatic rings. The van der Waals surface area contributed by atoms with Crippen LogP contribution in [0.3, 0.4) is 0 Å². The van der Waals surface area contributed by atoms with E-state index in [1.54, 1.807) is 25.3 Å². The fraction of sp³-hybridized carbons (Fsp3) is 0.533. The summed E-state index contributed by atoms with van der Waals surface area (Å²) in [4.78, 5) is 12.2. The standard InChI is InChI=1S/C15H21NO4/c1-9-6-7-10(12(17)8-9)15(19)16-11-4-3-5-13(20-2)14(11)18/h6-8,11,13-14,17-18H,3-5H2,1-2H3,(H,16,19)/t11-,13-,14-/m1/s1. The zero-order valence-corrected chi connectivity index (χ0v) is 11.8. The molecule has 0 spiro atoms. The summed E-state index contributed by atoms with van der Waals surface area (Å²) in [6.07, 6.45) is 1.42. The summed E-state index contributed by atoms with van der Waals surface area (Å²) in [5, 5.41) is 22.7.